The lowest BCUT2D eigenvalue weighted by Gasteiger charge is -2.09. The summed E-state index contributed by atoms with van der Waals surface area (Å²) in [6.07, 6.45) is 1.09. The smallest absolute Gasteiger partial charge is 0.242 e. The summed E-state index contributed by atoms with van der Waals surface area (Å²) in [5.41, 5.74) is 3.91. The van der Waals surface area contributed by atoms with Crippen LogP contribution in [-0.4, -0.2) is 34.2 Å². The number of anilines is 1. The average molecular weight is 382 g/mol. The highest BCUT2D eigenvalue weighted by molar-refractivity contribution is 8.15. The third-order valence-corrected chi connectivity index (χ3v) is 5.64. The van der Waals surface area contributed by atoms with Gasteiger partial charge in [0.15, 0.2) is 5.17 Å². The molecule has 0 bridgehead atoms. The zero-order valence-corrected chi connectivity index (χ0v) is 16.5. The number of nitrogens with zero attached hydrogens (tertiary/aromatic N) is 2. The number of aliphatic imine (C=N–C) groups is 1. The van der Waals surface area contributed by atoms with Crippen LogP contribution in [0.25, 0.3) is 0 Å². The number of hydrogen-bond donors (Lipinski definition) is 1. The van der Waals surface area contributed by atoms with Crippen molar-refractivity contribution in [1.82, 2.24) is 4.90 Å². The monoisotopic (exact) mass is 381 g/mol. The first-order valence-electron chi connectivity index (χ1n) is 8.94. The molecule has 140 valence electrons. The summed E-state index contributed by atoms with van der Waals surface area (Å²) in [4.78, 5) is 30.9. The number of aryl methyl sites for hydroxylation is 2. The van der Waals surface area contributed by atoms with Crippen molar-refractivity contribution in [3.63, 3.8) is 0 Å². The van der Waals surface area contributed by atoms with Gasteiger partial charge in [0.25, 0.3) is 0 Å². The standard InChI is InChI=1S/C21H23N3O2S/c1-4-15-7-11-17(12-8-15)23-21-24(3)20(26)18(27-21)13-19(25)22-16-9-5-14(2)6-10-16/h5-12,18H,4,13H2,1-3H3,(H,22,25)/t18-/m0/s1. The van der Waals surface area contributed by atoms with Gasteiger partial charge in [0.05, 0.1) is 5.69 Å². The van der Waals surface area contributed by atoms with Gasteiger partial charge in [-0.15, -0.1) is 0 Å². The summed E-state index contributed by atoms with van der Waals surface area (Å²) in [7, 11) is 1.70. The van der Waals surface area contributed by atoms with Crippen molar-refractivity contribution in [2.24, 2.45) is 4.99 Å². The number of benzene rings is 2. The molecule has 6 heteroatoms. The molecule has 1 aliphatic rings. The SMILES string of the molecule is CCc1ccc(N=C2S[C@@H](CC(=O)Nc3ccc(C)cc3)C(=O)N2C)cc1. The normalized spacial score (nSPS) is 18.2. The van der Waals surface area contributed by atoms with E-state index in [-0.39, 0.29) is 18.2 Å². The molecule has 1 aliphatic heterocycles. The van der Waals surface area contributed by atoms with E-state index >= 15 is 0 Å². The van der Waals surface area contributed by atoms with Crippen LogP contribution in [0.1, 0.15) is 24.5 Å². The van der Waals surface area contributed by atoms with Crippen LogP contribution in [0, 0.1) is 6.92 Å². The highest BCUT2D eigenvalue weighted by Gasteiger charge is 2.36. The van der Waals surface area contributed by atoms with Crippen LogP contribution in [0.3, 0.4) is 0 Å². The molecule has 0 spiro atoms. The summed E-state index contributed by atoms with van der Waals surface area (Å²) in [6.45, 7) is 4.10. The minimum Gasteiger partial charge on any atom is -0.326 e. The van der Waals surface area contributed by atoms with Gasteiger partial charge in [-0.1, -0.05) is 48.5 Å². The van der Waals surface area contributed by atoms with Gasteiger partial charge < -0.3 is 5.32 Å². The van der Waals surface area contributed by atoms with Crippen molar-refractivity contribution >= 4 is 40.1 Å². The second-order valence-electron chi connectivity index (χ2n) is 6.54. The van der Waals surface area contributed by atoms with Crippen LogP contribution in [0.4, 0.5) is 11.4 Å². The summed E-state index contributed by atoms with van der Waals surface area (Å²) in [6, 6.07) is 15.6. The Morgan fingerprint density at radius 1 is 1.15 bits per heavy atom. The fraction of sp³-hybridized carbons (Fsp3) is 0.286. The van der Waals surface area contributed by atoms with Crippen LogP contribution in [0.15, 0.2) is 53.5 Å². The van der Waals surface area contributed by atoms with E-state index in [1.54, 1.807) is 7.05 Å². The molecule has 2 aromatic rings. The molecule has 1 atom stereocenters. The van der Waals surface area contributed by atoms with Gasteiger partial charge in [-0.25, -0.2) is 4.99 Å². The van der Waals surface area contributed by atoms with Crippen molar-refractivity contribution < 1.29 is 9.59 Å². The lowest BCUT2D eigenvalue weighted by Crippen LogP contribution is -2.30. The molecule has 2 amide bonds. The third-order valence-electron chi connectivity index (χ3n) is 4.42. The first-order chi connectivity index (χ1) is 13.0. The van der Waals surface area contributed by atoms with Crippen LogP contribution in [-0.2, 0) is 16.0 Å². The predicted molar refractivity (Wildman–Crippen MR) is 111 cm³/mol. The van der Waals surface area contributed by atoms with Crippen LogP contribution >= 0.6 is 11.8 Å². The van der Waals surface area contributed by atoms with Crippen molar-refractivity contribution in [3.05, 3.63) is 59.7 Å². The number of carbonyl (C=O) groups excluding carboxylic acids is 2. The lowest BCUT2D eigenvalue weighted by atomic mass is 10.2. The molecule has 2 aromatic carbocycles. The number of hydrogen-bond acceptors (Lipinski definition) is 4. The molecule has 1 heterocycles. The molecule has 0 aromatic heterocycles. The highest BCUT2D eigenvalue weighted by Crippen LogP contribution is 2.30. The number of amides is 2. The van der Waals surface area contributed by atoms with Gasteiger partial charge in [-0.3, -0.25) is 14.5 Å². The Morgan fingerprint density at radius 3 is 2.44 bits per heavy atom. The van der Waals surface area contributed by atoms with Crippen molar-refractivity contribution in [2.75, 3.05) is 12.4 Å². The van der Waals surface area contributed by atoms with Gasteiger partial charge in [0.2, 0.25) is 11.8 Å². The highest BCUT2D eigenvalue weighted by atomic mass is 32.2. The molecular weight excluding hydrogens is 358 g/mol. The number of nitrogens with one attached hydrogen (secondary N) is 1. The van der Waals surface area contributed by atoms with Gasteiger partial charge in [-0.05, 0) is 43.2 Å². The summed E-state index contributed by atoms with van der Waals surface area (Å²) < 4.78 is 0. The van der Waals surface area contributed by atoms with Crippen LogP contribution < -0.4 is 5.32 Å². The molecule has 27 heavy (non-hydrogen) atoms. The Balaban J connectivity index is 1.65. The number of amidine groups is 1. The first kappa shape index (κ1) is 19.2. The fourth-order valence-electron chi connectivity index (χ4n) is 2.73. The van der Waals surface area contributed by atoms with E-state index in [1.807, 2.05) is 55.5 Å². The predicted octanol–water partition coefficient (Wildman–Crippen LogP) is 4.15. The molecule has 1 saturated heterocycles. The van der Waals surface area contributed by atoms with E-state index in [0.717, 1.165) is 23.4 Å². The molecule has 1 fully saturated rings. The summed E-state index contributed by atoms with van der Waals surface area (Å²) >= 11 is 1.34. The Labute approximate surface area is 163 Å². The van der Waals surface area contributed by atoms with Crippen LogP contribution in [0.5, 0.6) is 0 Å². The molecule has 0 unspecified atom stereocenters. The minimum atomic E-state index is -0.450. The van der Waals surface area contributed by atoms with E-state index in [1.165, 1.54) is 22.2 Å². The van der Waals surface area contributed by atoms with E-state index in [9.17, 15) is 9.59 Å². The van der Waals surface area contributed by atoms with Gasteiger partial charge in [0, 0.05) is 19.2 Å². The molecule has 3 rings (SSSR count). The van der Waals surface area contributed by atoms with Crippen molar-refractivity contribution in [1.29, 1.82) is 0 Å². The third kappa shape index (κ3) is 4.77. The van der Waals surface area contributed by atoms with Gasteiger partial charge in [-0.2, -0.15) is 0 Å². The molecule has 0 radical (unpaired) electrons. The maximum atomic E-state index is 12.5. The fourth-order valence-corrected chi connectivity index (χ4v) is 3.89. The second-order valence-corrected chi connectivity index (χ2v) is 7.71. The summed E-state index contributed by atoms with van der Waals surface area (Å²) in [5, 5.41) is 3.02. The first-order valence-corrected chi connectivity index (χ1v) is 9.82. The minimum absolute atomic E-state index is 0.0945. The topological polar surface area (TPSA) is 61.8 Å². The molecule has 5 nitrogen and oxygen atoms in total. The van der Waals surface area contributed by atoms with Crippen molar-refractivity contribution in [3.8, 4) is 0 Å². The Hall–Kier alpha value is -2.60. The van der Waals surface area contributed by atoms with Crippen molar-refractivity contribution in [2.45, 2.75) is 31.9 Å². The zero-order valence-electron chi connectivity index (χ0n) is 15.7. The zero-order chi connectivity index (χ0) is 19.4. The molecular formula is C21H23N3O2S. The van der Waals surface area contributed by atoms with E-state index < -0.39 is 5.25 Å². The summed E-state index contributed by atoms with van der Waals surface area (Å²) in [5.74, 6) is -0.269. The Morgan fingerprint density at radius 2 is 1.81 bits per heavy atom. The van der Waals surface area contributed by atoms with E-state index in [4.69, 9.17) is 0 Å². The molecule has 0 aliphatic carbocycles. The Bertz CT molecular complexity index is 860. The number of carbonyl (C=O) groups is 2. The number of rotatable bonds is 5. The van der Waals surface area contributed by atoms with Gasteiger partial charge in [0.1, 0.15) is 5.25 Å². The quantitative estimate of drug-likeness (QED) is 0.846. The van der Waals surface area contributed by atoms with E-state index in [2.05, 4.69) is 17.2 Å². The molecule has 0 saturated carbocycles. The maximum absolute atomic E-state index is 12.5. The molecule has 1 N–H and O–H groups in total. The number of thioether (sulfide) groups is 1. The van der Waals surface area contributed by atoms with E-state index in [0.29, 0.717) is 5.17 Å². The second kappa shape index (κ2) is 8.39. The largest absolute Gasteiger partial charge is 0.326 e. The average Bonchev–Trinajstić information content (AvgIpc) is 2.92. The maximum Gasteiger partial charge on any atom is 0.242 e. The van der Waals surface area contributed by atoms with Crippen LogP contribution in [0.2, 0.25) is 0 Å². The Kier molecular flexibility index (Phi) is 5.96. The van der Waals surface area contributed by atoms with Gasteiger partial charge >= 0.3 is 0 Å². The lowest BCUT2D eigenvalue weighted by molar-refractivity contribution is -0.127.